The molecule has 0 spiro atoms. The van der Waals surface area contributed by atoms with Crippen molar-refractivity contribution >= 4 is 13.3 Å². The molecular formula is C12H9B-. The molecule has 0 aliphatic carbocycles. The van der Waals surface area contributed by atoms with E-state index in [0.29, 0.717) is 0 Å². The highest BCUT2D eigenvalue weighted by Crippen LogP contribution is 2.16. The molecule has 0 nitrogen and oxygen atoms in total. The van der Waals surface area contributed by atoms with Gasteiger partial charge in [0.25, 0.3) is 0 Å². The molecule has 2 aromatic rings. The second-order valence-electron chi connectivity index (χ2n) is 2.99. The third-order valence-corrected chi connectivity index (χ3v) is 2.02. The molecule has 0 unspecified atom stereocenters. The molecule has 0 aliphatic rings. The lowest BCUT2D eigenvalue weighted by molar-refractivity contribution is 1.64. The lowest BCUT2D eigenvalue weighted by Crippen LogP contribution is -1.98. The molecule has 0 atom stereocenters. The zero-order valence-electron chi connectivity index (χ0n) is 7.27. The molecule has 0 saturated heterocycles. The molecule has 0 fully saturated rings. The van der Waals surface area contributed by atoms with Crippen LogP contribution in [-0.2, 0) is 0 Å². The van der Waals surface area contributed by atoms with E-state index in [2.05, 4.69) is 12.1 Å². The van der Waals surface area contributed by atoms with E-state index in [-0.39, 0.29) is 0 Å². The Bertz CT molecular complexity index is 376. The molecule has 0 aliphatic heterocycles. The SMILES string of the molecule is [B-]c1ccc(-c2ccccc2)cc1. The van der Waals surface area contributed by atoms with E-state index in [1.807, 2.05) is 42.5 Å². The average molecular weight is 164 g/mol. The van der Waals surface area contributed by atoms with Gasteiger partial charge in [0.2, 0.25) is 0 Å². The molecular weight excluding hydrogens is 155 g/mol. The van der Waals surface area contributed by atoms with Crippen LogP contribution in [0.4, 0.5) is 0 Å². The predicted octanol–water partition coefficient (Wildman–Crippen LogP) is 2.15. The maximum atomic E-state index is 5.60. The van der Waals surface area contributed by atoms with Crippen LogP contribution in [0.3, 0.4) is 0 Å². The summed E-state index contributed by atoms with van der Waals surface area (Å²) in [6.07, 6.45) is 0. The van der Waals surface area contributed by atoms with Gasteiger partial charge in [0.05, 0.1) is 0 Å². The van der Waals surface area contributed by atoms with E-state index in [0.717, 1.165) is 5.46 Å². The van der Waals surface area contributed by atoms with Gasteiger partial charge in [-0.05, 0) is 11.1 Å². The number of rotatable bonds is 1. The summed E-state index contributed by atoms with van der Waals surface area (Å²) in [5.41, 5.74) is 3.23. The molecule has 2 rings (SSSR count). The first-order chi connectivity index (χ1) is 6.36. The maximum absolute atomic E-state index is 5.60. The summed E-state index contributed by atoms with van der Waals surface area (Å²) in [4.78, 5) is 0. The Morgan fingerprint density at radius 1 is 0.615 bits per heavy atom. The van der Waals surface area contributed by atoms with Crippen molar-refractivity contribution in [2.24, 2.45) is 0 Å². The summed E-state index contributed by atoms with van der Waals surface area (Å²) in [7, 11) is 5.60. The van der Waals surface area contributed by atoms with Gasteiger partial charge >= 0.3 is 0 Å². The topological polar surface area (TPSA) is 0 Å². The second kappa shape index (κ2) is 3.48. The highest BCUT2D eigenvalue weighted by atomic mass is 14.0. The predicted molar refractivity (Wildman–Crippen MR) is 57.3 cm³/mol. The standard InChI is InChI=1S/C12H9B/c13-12-8-6-11(7-9-12)10-4-2-1-3-5-10/h1-9H/q-1. The van der Waals surface area contributed by atoms with E-state index >= 15 is 0 Å². The van der Waals surface area contributed by atoms with Crippen molar-refractivity contribution in [2.45, 2.75) is 0 Å². The summed E-state index contributed by atoms with van der Waals surface area (Å²) >= 11 is 0. The Kier molecular flexibility index (Phi) is 2.18. The first-order valence-corrected chi connectivity index (χ1v) is 4.27. The van der Waals surface area contributed by atoms with Crippen LogP contribution in [0, 0.1) is 0 Å². The first kappa shape index (κ1) is 8.12. The van der Waals surface area contributed by atoms with Crippen LogP contribution in [-0.4, -0.2) is 7.85 Å². The van der Waals surface area contributed by atoms with Gasteiger partial charge in [-0.3, -0.25) is 0 Å². The summed E-state index contributed by atoms with van der Waals surface area (Å²) < 4.78 is 0. The normalized spacial score (nSPS) is 9.92. The minimum Gasteiger partial charge on any atom is -0.580 e. The Labute approximate surface area is 79.6 Å². The van der Waals surface area contributed by atoms with Crippen molar-refractivity contribution in [3.63, 3.8) is 0 Å². The lowest BCUT2D eigenvalue weighted by atomic mass is 9.94. The summed E-state index contributed by atoms with van der Waals surface area (Å²) in [5, 5.41) is 0. The van der Waals surface area contributed by atoms with Gasteiger partial charge in [-0.25, -0.2) is 0 Å². The molecule has 61 valence electrons. The van der Waals surface area contributed by atoms with E-state index in [4.69, 9.17) is 7.85 Å². The number of hydrogen-bond donors (Lipinski definition) is 0. The van der Waals surface area contributed by atoms with Crippen molar-refractivity contribution in [2.75, 3.05) is 0 Å². The molecule has 0 heterocycles. The number of benzene rings is 2. The fraction of sp³-hybridized carbons (Fsp3) is 0. The van der Waals surface area contributed by atoms with Crippen LogP contribution >= 0.6 is 0 Å². The molecule has 1 heteroatoms. The summed E-state index contributed by atoms with van der Waals surface area (Å²) in [6, 6.07) is 18.2. The van der Waals surface area contributed by atoms with Crippen molar-refractivity contribution in [3.8, 4) is 11.1 Å². The van der Waals surface area contributed by atoms with Gasteiger partial charge in [-0.1, -0.05) is 42.5 Å². The van der Waals surface area contributed by atoms with E-state index in [1.165, 1.54) is 11.1 Å². The quantitative estimate of drug-likeness (QED) is 0.566. The molecule has 0 saturated carbocycles. The minimum atomic E-state index is 0.805. The molecule has 0 amide bonds. The summed E-state index contributed by atoms with van der Waals surface area (Å²) in [5.74, 6) is 0. The van der Waals surface area contributed by atoms with Crippen molar-refractivity contribution in [1.82, 2.24) is 0 Å². The zero-order valence-corrected chi connectivity index (χ0v) is 7.27. The van der Waals surface area contributed by atoms with Gasteiger partial charge in [0.1, 0.15) is 0 Å². The van der Waals surface area contributed by atoms with Gasteiger partial charge in [-0.2, -0.15) is 0 Å². The van der Waals surface area contributed by atoms with E-state index in [9.17, 15) is 0 Å². The van der Waals surface area contributed by atoms with Crippen LogP contribution < -0.4 is 5.46 Å². The molecule has 2 aromatic carbocycles. The van der Waals surface area contributed by atoms with Gasteiger partial charge < -0.3 is 13.3 Å². The first-order valence-electron chi connectivity index (χ1n) is 4.27. The third kappa shape index (κ3) is 1.81. The van der Waals surface area contributed by atoms with Crippen molar-refractivity contribution in [3.05, 3.63) is 54.6 Å². The summed E-state index contributed by atoms with van der Waals surface area (Å²) in [6.45, 7) is 0. The third-order valence-electron chi connectivity index (χ3n) is 2.02. The Morgan fingerprint density at radius 3 is 1.77 bits per heavy atom. The molecule has 3 radical (unpaired) electrons. The largest absolute Gasteiger partial charge is 0.580 e. The van der Waals surface area contributed by atoms with Gasteiger partial charge in [0, 0.05) is 0 Å². The molecule has 0 N–H and O–H groups in total. The zero-order chi connectivity index (χ0) is 9.10. The van der Waals surface area contributed by atoms with Crippen LogP contribution in [0.25, 0.3) is 11.1 Å². The van der Waals surface area contributed by atoms with Crippen LogP contribution in [0.15, 0.2) is 54.6 Å². The number of hydrogen-bond acceptors (Lipinski definition) is 0. The highest BCUT2D eigenvalue weighted by molar-refractivity contribution is 6.32. The fourth-order valence-electron chi connectivity index (χ4n) is 1.31. The Hall–Kier alpha value is -1.50. The Morgan fingerprint density at radius 2 is 1.15 bits per heavy atom. The minimum absolute atomic E-state index is 0.805. The van der Waals surface area contributed by atoms with Crippen LogP contribution in [0.5, 0.6) is 0 Å². The average Bonchev–Trinajstić information content (AvgIpc) is 2.20. The maximum Gasteiger partial charge on any atom is -0.0184 e. The van der Waals surface area contributed by atoms with Crippen LogP contribution in [0.2, 0.25) is 0 Å². The Balaban J connectivity index is 2.42. The van der Waals surface area contributed by atoms with Crippen molar-refractivity contribution < 1.29 is 0 Å². The fourth-order valence-corrected chi connectivity index (χ4v) is 1.31. The molecule has 0 aromatic heterocycles. The van der Waals surface area contributed by atoms with Gasteiger partial charge in [0.15, 0.2) is 0 Å². The lowest BCUT2D eigenvalue weighted by Gasteiger charge is -2.07. The van der Waals surface area contributed by atoms with E-state index < -0.39 is 0 Å². The highest BCUT2D eigenvalue weighted by Gasteiger charge is 1.91. The van der Waals surface area contributed by atoms with Crippen molar-refractivity contribution in [1.29, 1.82) is 0 Å². The molecule has 13 heavy (non-hydrogen) atoms. The smallest absolute Gasteiger partial charge is 0.0184 e. The van der Waals surface area contributed by atoms with Gasteiger partial charge in [-0.15, -0.1) is 12.1 Å². The second-order valence-corrected chi connectivity index (χ2v) is 2.99. The van der Waals surface area contributed by atoms with Crippen LogP contribution in [0.1, 0.15) is 0 Å². The monoisotopic (exact) mass is 164 g/mol. The van der Waals surface area contributed by atoms with E-state index in [1.54, 1.807) is 0 Å². The molecule has 0 bridgehead atoms.